The fourth-order valence-corrected chi connectivity index (χ4v) is 3.58. The van der Waals surface area contributed by atoms with Gasteiger partial charge in [0.2, 0.25) is 0 Å². The molecule has 1 atom stereocenters. The highest BCUT2D eigenvalue weighted by atomic mass is 35.5. The van der Waals surface area contributed by atoms with E-state index in [1.807, 2.05) is 24.3 Å². The molecule has 1 aliphatic heterocycles. The predicted octanol–water partition coefficient (Wildman–Crippen LogP) is 4.27. The highest BCUT2D eigenvalue weighted by Crippen LogP contribution is 2.29. The van der Waals surface area contributed by atoms with Crippen molar-refractivity contribution >= 4 is 11.6 Å². The van der Waals surface area contributed by atoms with Crippen LogP contribution in [0.4, 0.5) is 0 Å². The highest BCUT2D eigenvalue weighted by Gasteiger charge is 2.24. The van der Waals surface area contributed by atoms with E-state index in [0.717, 1.165) is 38.3 Å². The van der Waals surface area contributed by atoms with Crippen molar-refractivity contribution < 1.29 is 4.74 Å². The Bertz CT molecular complexity index is 689. The van der Waals surface area contributed by atoms with E-state index in [1.165, 1.54) is 17.5 Å². The standard InChI is InChI=1S/C21H27ClN2O/c1-23(2)12-6-13-24-14-11-17-7-3-4-10-20(17)21(16-24)25-19-9-5-8-18(22)15-19/h3-5,7-10,15,21H,6,11-14,16H2,1-2H3. The zero-order chi connectivity index (χ0) is 17.6. The summed E-state index contributed by atoms with van der Waals surface area (Å²) in [5, 5.41) is 0.710. The Labute approximate surface area is 156 Å². The molecule has 0 bridgehead atoms. The van der Waals surface area contributed by atoms with Crippen molar-refractivity contribution in [1.29, 1.82) is 0 Å². The second-order valence-electron chi connectivity index (χ2n) is 6.97. The molecule has 4 heteroatoms. The maximum absolute atomic E-state index is 6.36. The molecule has 3 nitrogen and oxygen atoms in total. The lowest BCUT2D eigenvalue weighted by Gasteiger charge is -2.26. The van der Waals surface area contributed by atoms with Gasteiger partial charge in [0.05, 0.1) is 0 Å². The molecule has 0 saturated carbocycles. The van der Waals surface area contributed by atoms with E-state index in [4.69, 9.17) is 16.3 Å². The molecular formula is C21H27ClN2O. The summed E-state index contributed by atoms with van der Waals surface area (Å²) in [6, 6.07) is 16.4. The zero-order valence-corrected chi connectivity index (χ0v) is 15.9. The summed E-state index contributed by atoms with van der Waals surface area (Å²) in [5.74, 6) is 0.836. The van der Waals surface area contributed by atoms with Crippen LogP contribution in [0.15, 0.2) is 48.5 Å². The smallest absolute Gasteiger partial charge is 0.137 e. The van der Waals surface area contributed by atoms with E-state index in [9.17, 15) is 0 Å². The van der Waals surface area contributed by atoms with Gasteiger partial charge in [-0.2, -0.15) is 0 Å². The molecule has 3 rings (SSSR count). The normalized spacial score (nSPS) is 18.0. The summed E-state index contributed by atoms with van der Waals surface area (Å²) in [6.45, 7) is 4.21. The molecule has 0 spiro atoms. The molecule has 0 radical (unpaired) electrons. The summed E-state index contributed by atoms with van der Waals surface area (Å²) in [6.07, 6.45) is 2.29. The lowest BCUT2D eigenvalue weighted by Crippen LogP contribution is -2.32. The summed E-state index contributed by atoms with van der Waals surface area (Å²) >= 11 is 6.13. The Hall–Kier alpha value is -1.55. The minimum Gasteiger partial charge on any atom is -0.484 e. The van der Waals surface area contributed by atoms with Crippen LogP contribution in [0.5, 0.6) is 5.75 Å². The SMILES string of the molecule is CN(C)CCCN1CCc2ccccc2C(Oc2cccc(Cl)c2)C1. The molecular weight excluding hydrogens is 332 g/mol. The monoisotopic (exact) mass is 358 g/mol. The number of ether oxygens (including phenoxy) is 1. The molecule has 25 heavy (non-hydrogen) atoms. The second-order valence-corrected chi connectivity index (χ2v) is 7.41. The average Bonchev–Trinajstić information content (AvgIpc) is 2.75. The van der Waals surface area contributed by atoms with Crippen molar-refractivity contribution in [3.8, 4) is 5.75 Å². The van der Waals surface area contributed by atoms with E-state index in [0.29, 0.717) is 5.02 Å². The van der Waals surface area contributed by atoms with Crippen LogP contribution in [0.25, 0.3) is 0 Å². The molecule has 0 fully saturated rings. The predicted molar refractivity (Wildman–Crippen MR) is 105 cm³/mol. The molecule has 1 aliphatic rings. The summed E-state index contributed by atoms with van der Waals surface area (Å²) in [7, 11) is 4.26. The zero-order valence-electron chi connectivity index (χ0n) is 15.1. The van der Waals surface area contributed by atoms with Gasteiger partial charge in [-0.1, -0.05) is 41.9 Å². The van der Waals surface area contributed by atoms with Crippen molar-refractivity contribution in [2.24, 2.45) is 0 Å². The van der Waals surface area contributed by atoms with E-state index in [1.54, 1.807) is 0 Å². The second kappa shape index (κ2) is 8.70. The third kappa shape index (κ3) is 5.21. The maximum atomic E-state index is 6.36. The van der Waals surface area contributed by atoms with Gasteiger partial charge >= 0.3 is 0 Å². The first-order valence-electron chi connectivity index (χ1n) is 8.99. The van der Waals surface area contributed by atoms with Gasteiger partial charge in [0.25, 0.3) is 0 Å². The number of hydrogen-bond acceptors (Lipinski definition) is 3. The van der Waals surface area contributed by atoms with Crippen molar-refractivity contribution in [2.75, 3.05) is 40.3 Å². The Kier molecular flexibility index (Phi) is 6.35. The van der Waals surface area contributed by atoms with Crippen molar-refractivity contribution in [1.82, 2.24) is 9.80 Å². The van der Waals surface area contributed by atoms with Crippen LogP contribution in [0, 0.1) is 0 Å². The van der Waals surface area contributed by atoms with Crippen LogP contribution in [0.3, 0.4) is 0 Å². The molecule has 2 aromatic rings. The number of benzene rings is 2. The molecule has 0 aliphatic carbocycles. The van der Waals surface area contributed by atoms with Crippen molar-refractivity contribution in [3.05, 3.63) is 64.7 Å². The average molecular weight is 359 g/mol. The van der Waals surface area contributed by atoms with Crippen LogP contribution in [0.2, 0.25) is 5.02 Å². The largest absolute Gasteiger partial charge is 0.484 e. The van der Waals surface area contributed by atoms with E-state index < -0.39 is 0 Å². The van der Waals surface area contributed by atoms with Gasteiger partial charge in [-0.3, -0.25) is 4.90 Å². The van der Waals surface area contributed by atoms with Crippen molar-refractivity contribution in [2.45, 2.75) is 18.9 Å². The lowest BCUT2D eigenvalue weighted by atomic mass is 10.0. The van der Waals surface area contributed by atoms with Gasteiger partial charge in [-0.25, -0.2) is 0 Å². The third-order valence-corrected chi connectivity index (χ3v) is 4.91. The third-order valence-electron chi connectivity index (χ3n) is 4.68. The van der Waals surface area contributed by atoms with Crippen LogP contribution in [0.1, 0.15) is 23.7 Å². The van der Waals surface area contributed by atoms with Crippen LogP contribution in [-0.2, 0) is 6.42 Å². The van der Waals surface area contributed by atoms with E-state index in [2.05, 4.69) is 48.2 Å². The molecule has 1 heterocycles. The molecule has 2 aromatic carbocycles. The highest BCUT2D eigenvalue weighted by molar-refractivity contribution is 6.30. The van der Waals surface area contributed by atoms with Gasteiger partial charge in [0.1, 0.15) is 11.9 Å². The number of hydrogen-bond donors (Lipinski definition) is 0. The van der Waals surface area contributed by atoms with Crippen LogP contribution >= 0.6 is 11.6 Å². The number of nitrogens with zero attached hydrogens (tertiary/aromatic N) is 2. The minimum absolute atomic E-state index is 0.0384. The van der Waals surface area contributed by atoms with Gasteiger partial charge in [0.15, 0.2) is 0 Å². The summed E-state index contributed by atoms with van der Waals surface area (Å²) < 4.78 is 6.36. The Morgan fingerprint density at radius 2 is 2.00 bits per heavy atom. The maximum Gasteiger partial charge on any atom is 0.137 e. The molecule has 0 N–H and O–H groups in total. The van der Waals surface area contributed by atoms with E-state index >= 15 is 0 Å². The first kappa shape index (κ1) is 18.2. The Morgan fingerprint density at radius 1 is 1.16 bits per heavy atom. The molecule has 134 valence electrons. The number of rotatable bonds is 6. The van der Waals surface area contributed by atoms with Crippen LogP contribution < -0.4 is 4.74 Å². The quantitative estimate of drug-likeness (QED) is 0.767. The first-order chi connectivity index (χ1) is 12.1. The van der Waals surface area contributed by atoms with Crippen LogP contribution in [-0.4, -0.2) is 50.1 Å². The summed E-state index contributed by atoms with van der Waals surface area (Å²) in [4.78, 5) is 4.77. The topological polar surface area (TPSA) is 15.7 Å². The van der Waals surface area contributed by atoms with E-state index in [-0.39, 0.29) is 6.10 Å². The van der Waals surface area contributed by atoms with Crippen molar-refractivity contribution in [3.63, 3.8) is 0 Å². The first-order valence-corrected chi connectivity index (χ1v) is 9.37. The summed E-state index contributed by atoms with van der Waals surface area (Å²) in [5.41, 5.74) is 2.70. The van der Waals surface area contributed by atoms with Gasteiger partial charge in [0, 0.05) is 18.1 Å². The number of fused-ring (bicyclic) bond motifs is 1. The molecule has 0 saturated heterocycles. The number of halogens is 1. The Balaban J connectivity index is 1.76. The molecule has 1 unspecified atom stereocenters. The van der Waals surface area contributed by atoms with Gasteiger partial charge in [-0.15, -0.1) is 0 Å². The van der Waals surface area contributed by atoms with Gasteiger partial charge < -0.3 is 9.64 Å². The van der Waals surface area contributed by atoms with Gasteiger partial charge in [-0.05, 0) is 69.4 Å². The fourth-order valence-electron chi connectivity index (χ4n) is 3.40. The lowest BCUT2D eigenvalue weighted by molar-refractivity contribution is 0.138. The molecule has 0 aromatic heterocycles. The minimum atomic E-state index is 0.0384. The molecule has 0 amide bonds. The fraction of sp³-hybridized carbons (Fsp3) is 0.429. The Morgan fingerprint density at radius 3 is 2.80 bits per heavy atom.